The molecule has 3 aromatic carbocycles. The third kappa shape index (κ3) is 2.17. The average Bonchev–Trinajstić information content (AvgIpc) is 3.37. The van der Waals surface area contributed by atoms with E-state index in [9.17, 15) is 4.79 Å². The average molecular weight is 287 g/mol. The number of carbonyl (C=O) groups excluding carboxylic acids is 1. The number of nitrogens with one attached hydrogen (secondary N) is 1. The van der Waals surface area contributed by atoms with Gasteiger partial charge in [0.05, 0.1) is 5.41 Å². The largest absolute Gasteiger partial charge is 0.325 e. The van der Waals surface area contributed by atoms with Crippen molar-refractivity contribution in [3.05, 3.63) is 78.4 Å². The molecule has 2 heteroatoms. The Morgan fingerprint density at radius 2 is 1.50 bits per heavy atom. The number of benzene rings is 3. The van der Waals surface area contributed by atoms with E-state index in [1.807, 2.05) is 60.7 Å². The van der Waals surface area contributed by atoms with Gasteiger partial charge in [-0.1, -0.05) is 60.7 Å². The van der Waals surface area contributed by atoms with Crippen molar-refractivity contribution in [2.24, 2.45) is 0 Å². The molecule has 0 saturated heterocycles. The lowest BCUT2D eigenvalue weighted by Gasteiger charge is -2.16. The first-order valence-corrected chi connectivity index (χ1v) is 7.64. The van der Waals surface area contributed by atoms with Gasteiger partial charge >= 0.3 is 0 Å². The van der Waals surface area contributed by atoms with Crippen LogP contribution < -0.4 is 5.32 Å². The maximum absolute atomic E-state index is 12.7. The fourth-order valence-electron chi connectivity index (χ4n) is 3.05. The van der Waals surface area contributed by atoms with E-state index in [1.54, 1.807) is 0 Å². The van der Waals surface area contributed by atoms with Crippen molar-refractivity contribution in [3.63, 3.8) is 0 Å². The van der Waals surface area contributed by atoms with Gasteiger partial charge in [0, 0.05) is 5.69 Å². The van der Waals surface area contributed by atoms with Crippen LogP contribution in [-0.4, -0.2) is 5.91 Å². The van der Waals surface area contributed by atoms with Gasteiger partial charge in [-0.2, -0.15) is 0 Å². The Balaban J connectivity index is 1.61. The molecular formula is C20H17NO. The normalized spacial score (nSPS) is 15.5. The summed E-state index contributed by atoms with van der Waals surface area (Å²) < 4.78 is 0. The van der Waals surface area contributed by atoms with Gasteiger partial charge in [-0.15, -0.1) is 0 Å². The third-order valence-electron chi connectivity index (χ3n) is 4.52. The first-order valence-electron chi connectivity index (χ1n) is 7.64. The molecule has 4 rings (SSSR count). The molecule has 0 atom stereocenters. The Labute approximate surface area is 129 Å². The second-order valence-corrected chi connectivity index (χ2v) is 5.96. The number of rotatable bonds is 3. The molecule has 1 aliphatic rings. The molecule has 1 N–H and O–H groups in total. The minimum atomic E-state index is -0.326. The van der Waals surface area contributed by atoms with Crippen LogP contribution in [0.15, 0.2) is 72.8 Å². The lowest BCUT2D eigenvalue weighted by Crippen LogP contribution is -2.27. The van der Waals surface area contributed by atoms with Crippen LogP contribution >= 0.6 is 0 Å². The van der Waals surface area contributed by atoms with Crippen LogP contribution in [0.3, 0.4) is 0 Å². The van der Waals surface area contributed by atoms with Crippen LogP contribution in [0.25, 0.3) is 10.8 Å². The molecule has 0 radical (unpaired) electrons. The summed E-state index contributed by atoms with van der Waals surface area (Å²) in [6.45, 7) is 0. The Kier molecular flexibility index (Phi) is 2.97. The Bertz CT molecular complexity index is 834. The number of carbonyl (C=O) groups is 1. The van der Waals surface area contributed by atoms with Gasteiger partial charge < -0.3 is 5.32 Å². The number of hydrogen-bond donors (Lipinski definition) is 1. The zero-order valence-electron chi connectivity index (χ0n) is 12.3. The van der Waals surface area contributed by atoms with E-state index < -0.39 is 0 Å². The van der Waals surface area contributed by atoms with Gasteiger partial charge in [0.25, 0.3) is 0 Å². The molecule has 3 aromatic rings. The summed E-state index contributed by atoms with van der Waals surface area (Å²) in [6.07, 6.45) is 1.85. The fraction of sp³-hybridized carbons (Fsp3) is 0.150. The molecule has 2 nitrogen and oxygen atoms in total. The van der Waals surface area contributed by atoms with Crippen LogP contribution in [0.1, 0.15) is 18.4 Å². The molecule has 0 spiro atoms. The molecule has 1 fully saturated rings. The van der Waals surface area contributed by atoms with Crippen molar-refractivity contribution < 1.29 is 4.79 Å². The monoisotopic (exact) mass is 287 g/mol. The number of amides is 1. The first kappa shape index (κ1) is 13.1. The minimum absolute atomic E-state index is 0.106. The highest BCUT2D eigenvalue weighted by Gasteiger charge is 2.51. The molecule has 0 heterocycles. The van der Waals surface area contributed by atoms with Crippen LogP contribution in [0.4, 0.5) is 5.69 Å². The van der Waals surface area contributed by atoms with Gasteiger partial charge in [-0.3, -0.25) is 4.79 Å². The highest BCUT2D eigenvalue weighted by Crippen LogP contribution is 2.48. The Hall–Kier alpha value is -2.61. The highest BCUT2D eigenvalue weighted by molar-refractivity contribution is 6.02. The van der Waals surface area contributed by atoms with Crippen molar-refractivity contribution in [1.29, 1.82) is 0 Å². The summed E-state index contributed by atoms with van der Waals surface area (Å²) in [5.41, 5.74) is 1.66. The first-order chi connectivity index (χ1) is 10.8. The summed E-state index contributed by atoms with van der Waals surface area (Å²) in [6, 6.07) is 24.3. The maximum atomic E-state index is 12.7. The second kappa shape index (κ2) is 4.99. The SMILES string of the molecule is O=C(Nc1ccc2ccccc2c1)C1(c2ccccc2)CC1. The minimum Gasteiger partial charge on any atom is -0.325 e. The molecule has 1 saturated carbocycles. The van der Waals surface area contributed by atoms with Crippen LogP contribution in [0, 0.1) is 0 Å². The van der Waals surface area contributed by atoms with Crippen molar-refractivity contribution >= 4 is 22.4 Å². The molecule has 108 valence electrons. The summed E-state index contributed by atoms with van der Waals surface area (Å²) in [4.78, 5) is 12.7. The van der Waals surface area contributed by atoms with E-state index in [2.05, 4.69) is 17.4 Å². The van der Waals surface area contributed by atoms with E-state index >= 15 is 0 Å². The number of anilines is 1. The van der Waals surface area contributed by atoms with Gasteiger partial charge in [-0.05, 0) is 41.3 Å². The van der Waals surface area contributed by atoms with Crippen molar-refractivity contribution in [1.82, 2.24) is 0 Å². The van der Waals surface area contributed by atoms with Gasteiger partial charge in [0.1, 0.15) is 0 Å². The lowest BCUT2D eigenvalue weighted by molar-refractivity contribution is -0.118. The van der Waals surface area contributed by atoms with E-state index in [-0.39, 0.29) is 11.3 Å². The van der Waals surface area contributed by atoms with Crippen molar-refractivity contribution in [2.75, 3.05) is 5.32 Å². The Morgan fingerprint density at radius 1 is 0.818 bits per heavy atom. The standard InChI is InChI=1S/C20H17NO/c22-19(20(12-13-20)17-8-2-1-3-9-17)21-18-11-10-15-6-4-5-7-16(15)14-18/h1-11,14H,12-13H2,(H,21,22). The van der Waals surface area contributed by atoms with Crippen LogP contribution in [0.5, 0.6) is 0 Å². The number of hydrogen-bond acceptors (Lipinski definition) is 1. The molecule has 1 amide bonds. The predicted molar refractivity (Wildman–Crippen MR) is 89.9 cm³/mol. The molecule has 1 aliphatic carbocycles. The second-order valence-electron chi connectivity index (χ2n) is 5.96. The van der Waals surface area contributed by atoms with Crippen LogP contribution in [-0.2, 0) is 10.2 Å². The molecule has 0 bridgehead atoms. The summed E-state index contributed by atoms with van der Waals surface area (Å²) in [7, 11) is 0. The molecular weight excluding hydrogens is 270 g/mol. The van der Waals surface area contributed by atoms with Crippen molar-refractivity contribution in [3.8, 4) is 0 Å². The molecule has 0 aliphatic heterocycles. The molecule has 22 heavy (non-hydrogen) atoms. The highest BCUT2D eigenvalue weighted by atomic mass is 16.2. The van der Waals surface area contributed by atoms with E-state index in [0.29, 0.717) is 0 Å². The van der Waals surface area contributed by atoms with E-state index in [1.165, 1.54) is 5.39 Å². The summed E-state index contributed by atoms with van der Waals surface area (Å²) in [5.74, 6) is 0.106. The predicted octanol–water partition coefficient (Wildman–Crippen LogP) is 4.51. The molecule has 0 aromatic heterocycles. The van der Waals surface area contributed by atoms with Gasteiger partial charge in [0.2, 0.25) is 5.91 Å². The smallest absolute Gasteiger partial charge is 0.235 e. The summed E-state index contributed by atoms with van der Waals surface area (Å²) in [5, 5.41) is 5.42. The van der Waals surface area contributed by atoms with E-state index in [4.69, 9.17) is 0 Å². The number of fused-ring (bicyclic) bond motifs is 1. The van der Waals surface area contributed by atoms with Crippen LogP contribution in [0.2, 0.25) is 0 Å². The third-order valence-corrected chi connectivity index (χ3v) is 4.52. The lowest BCUT2D eigenvalue weighted by atomic mass is 9.95. The Morgan fingerprint density at radius 3 is 2.23 bits per heavy atom. The topological polar surface area (TPSA) is 29.1 Å². The quantitative estimate of drug-likeness (QED) is 0.754. The molecule has 0 unspecified atom stereocenters. The van der Waals surface area contributed by atoms with E-state index in [0.717, 1.165) is 29.5 Å². The summed E-state index contributed by atoms with van der Waals surface area (Å²) >= 11 is 0. The zero-order valence-corrected chi connectivity index (χ0v) is 12.3. The zero-order chi connectivity index (χ0) is 15.0. The maximum Gasteiger partial charge on any atom is 0.235 e. The van der Waals surface area contributed by atoms with Gasteiger partial charge in [-0.25, -0.2) is 0 Å². The fourth-order valence-corrected chi connectivity index (χ4v) is 3.05. The van der Waals surface area contributed by atoms with Gasteiger partial charge in [0.15, 0.2) is 0 Å². The van der Waals surface area contributed by atoms with Crippen molar-refractivity contribution in [2.45, 2.75) is 18.3 Å².